The van der Waals surface area contributed by atoms with E-state index in [0.29, 0.717) is 36.5 Å². The summed E-state index contributed by atoms with van der Waals surface area (Å²) < 4.78 is 11.7. The van der Waals surface area contributed by atoms with Crippen LogP contribution >= 0.6 is 22.7 Å². The fraction of sp³-hybridized carbons (Fsp3) is 0.700. The first-order chi connectivity index (χ1) is 20.9. The van der Waals surface area contributed by atoms with E-state index in [1.807, 2.05) is 32.6 Å². The van der Waals surface area contributed by atoms with E-state index in [9.17, 15) is 14.4 Å². The first-order valence-corrected chi connectivity index (χ1v) is 17.1. The lowest BCUT2D eigenvalue weighted by Gasteiger charge is -2.35. The van der Waals surface area contributed by atoms with Gasteiger partial charge in [-0.05, 0) is 65.5 Å². The van der Waals surface area contributed by atoms with Crippen LogP contribution in [0.15, 0.2) is 10.8 Å². The van der Waals surface area contributed by atoms with Crippen LogP contribution in [0.3, 0.4) is 0 Å². The monoisotopic (exact) mass is 648 g/mol. The number of thiazole rings is 2. The van der Waals surface area contributed by atoms with Crippen LogP contribution in [0.1, 0.15) is 106 Å². The van der Waals surface area contributed by atoms with Gasteiger partial charge in [-0.25, -0.2) is 14.8 Å². The van der Waals surface area contributed by atoms with Crippen molar-refractivity contribution in [3.8, 4) is 0 Å². The molecular formula is C30H50B2N4O6S2. The molecule has 0 saturated heterocycles. The lowest BCUT2D eigenvalue weighted by atomic mass is 9.85. The van der Waals surface area contributed by atoms with E-state index in [0.717, 1.165) is 42.5 Å². The molecule has 0 aliphatic rings. The van der Waals surface area contributed by atoms with Crippen molar-refractivity contribution in [1.82, 2.24) is 19.6 Å². The van der Waals surface area contributed by atoms with Gasteiger partial charge in [-0.1, -0.05) is 34.6 Å². The largest absolute Gasteiger partial charge is 0.476 e. The number of nitrogens with zero attached hydrogens (tertiary/aromatic N) is 4. The van der Waals surface area contributed by atoms with Crippen molar-refractivity contribution >= 4 is 55.8 Å². The van der Waals surface area contributed by atoms with E-state index in [1.54, 1.807) is 18.8 Å². The Morgan fingerprint density at radius 2 is 1.43 bits per heavy atom. The van der Waals surface area contributed by atoms with E-state index in [1.165, 1.54) is 24.1 Å². The molecule has 0 fully saturated rings. The molecule has 1 N–H and O–H groups in total. The lowest BCUT2D eigenvalue weighted by molar-refractivity contribution is 0.0340. The number of carbonyl (C=O) groups excluding carboxylic acids is 2. The summed E-state index contributed by atoms with van der Waals surface area (Å²) in [6, 6.07) is 0.366. The van der Waals surface area contributed by atoms with Crippen LogP contribution in [0.5, 0.6) is 0 Å². The molecule has 0 aliphatic carbocycles. The van der Waals surface area contributed by atoms with Gasteiger partial charge in [0.25, 0.3) is 14.8 Å². The van der Waals surface area contributed by atoms with Crippen molar-refractivity contribution in [1.29, 1.82) is 0 Å². The molecule has 0 aromatic carbocycles. The zero-order chi connectivity index (χ0) is 33.2. The van der Waals surface area contributed by atoms with Crippen LogP contribution < -0.4 is 0 Å². The summed E-state index contributed by atoms with van der Waals surface area (Å²) in [6.07, 6.45) is 3.87. The number of carbonyl (C=O) groups is 3. The Bertz CT molecular complexity index is 1100. The maximum absolute atomic E-state index is 11.0. The number of carboxylic acid groups (broad SMARTS) is 1. The predicted octanol–water partition coefficient (Wildman–Crippen LogP) is 5.54. The SMILES string of the molecule is CCCN([B]C=O)[C@@H](C[C@H](OCC)c1nc(C)cs1)C(C)C.CCO[C@@H](C[C@@H](C(C)C)N(C)[B]C=O)c1nc(C(=O)O)cs1. The zero-order valence-corrected chi connectivity index (χ0v) is 29.4. The van der Waals surface area contributed by atoms with E-state index in [-0.39, 0.29) is 30.0 Å². The summed E-state index contributed by atoms with van der Waals surface area (Å²) in [5.41, 5.74) is 1.08. The molecule has 0 bridgehead atoms. The molecule has 244 valence electrons. The summed E-state index contributed by atoms with van der Waals surface area (Å²) in [5.74, 6) is -0.292. The summed E-state index contributed by atoms with van der Waals surface area (Å²) in [7, 11) is 5.02. The van der Waals surface area contributed by atoms with Crippen LogP contribution in [0.2, 0.25) is 0 Å². The molecule has 2 aromatic rings. The molecule has 10 nitrogen and oxygen atoms in total. The van der Waals surface area contributed by atoms with Crippen LogP contribution in [0.4, 0.5) is 0 Å². The van der Waals surface area contributed by atoms with E-state index in [4.69, 9.17) is 14.6 Å². The number of ether oxygens (including phenoxy) is 2. The normalized spacial score (nSPS) is 14.2. The number of hydrogen-bond donors (Lipinski definition) is 1. The molecule has 0 unspecified atom stereocenters. The maximum atomic E-state index is 11.0. The minimum atomic E-state index is -1.04. The topological polar surface area (TPSA) is 122 Å². The van der Waals surface area contributed by atoms with Gasteiger partial charge in [0.15, 0.2) is 5.69 Å². The average Bonchev–Trinajstić information content (AvgIpc) is 3.63. The summed E-state index contributed by atoms with van der Waals surface area (Å²) in [4.78, 5) is 45.4. The predicted molar refractivity (Wildman–Crippen MR) is 181 cm³/mol. The zero-order valence-electron chi connectivity index (χ0n) is 27.8. The van der Waals surface area contributed by atoms with E-state index >= 15 is 0 Å². The number of aryl methyl sites for hydroxylation is 1. The van der Waals surface area contributed by atoms with Gasteiger partial charge in [0.05, 0.1) is 12.4 Å². The standard InChI is InChI=1S/C16H28BN2O2S.C14H22BN2O4S/c1-6-8-19(17-11-20)14(12(3)4)9-15(21-7-2)16-18-13(5)10-22-16;1-5-21-12(13-16-10(7-22-13)14(19)20)6-11(9(2)3)17(4)15-8-18/h10-12,14-15H,6-9H2,1-5H3;7-9,11-12H,5-6H2,1-4H3,(H,19,20)/t14-,15-;11-,12-/m00/s1. The second-order valence-corrected chi connectivity index (χ2v) is 12.9. The van der Waals surface area contributed by atoms with Gasteiger partial charge in [-0.15, -0.1) is 22.7 Å². The molecule has 0 spiro atoms. The van der Waals surface area contributed by atoms with Gasteiger partial charge in [0, 0.05) is 41.8 Å². The number of hydrogen-bond acceptors (Lipinski definition) is 11. The Kier molecular flexibility index (Phi) is 19.8. The Labute approximate surface area is 273 Å². The molecule has 2 aromatic heterocycles. The number of aromatic carboxylic acids is 1. The smallest absolute Gasteiger partial charge is 0.355 e. The molecule has 0 amide bonds. The van der Waals surface area contributed by atoms with Crippen molar-refractivity contribution in [2.75, 3.05) is 26.8 Å². The van der Waals surface area contributed by atoms with Gasteiger partial charge in [0.1, 0.15) is 22.2 Å². The summed E-state index contributed by atoms with van der Waals surface area (Å²) >= 11 is 2.94. The molecule has 0 aliphatic heterocycles. The molecule has 4 atom stereocenters. The van der Waals surface area contributed by atoms with Crippen LogP contribution in [0, 0.1) is 18.8 Å². The first-order valence-electron chi connectivity index (χ1n) is 15.3. The highest BCUT2D eigenvalue weighted by Gasteiger charge is 2.28. The summed E-state index contributed by atoms with van der Waals surface area (Å²) in [5, 5.41) is 14.3. The Hall–Kier alpha value is -1.96. The van der Waals surface area contributed by atoms with Gasteiger partial charge < -0.3 is 33.8 Å². The third-order valence-corrected chi connectivity index (χ3v) is 9.09. The quantitative estimate of drug-likeness (QED) is 0.136. The second kappa shape index (κ2) is 21.7. The second-order valence-electron chi connectivity index (χ2n) is 11.2. The van der Waals surface area contributed by atoms with Crippen LogP contribution in [-0.2, 0) is 19.1 Å². The molecule has 44 heavy (non-hydrogen) atoms. The molecule has 2 rings (SSSR count). The van der Waals surface area contributed by atoms with Crippen LogP contribution in [-0.4, -0.2) is 96.8 Å². The number of rotatable bonds is 21. The fourth-order valence-corrected chi connectivity index (χ4v) is 6.68. The minimum absolute atomic E-state index is 0.00416. The van der Waals surface area contributed by atoms with Gasteiger partial charge in [0.2, 0.25) is 0 Å². The molecule has 0 saturated carbocycles. The molecule has 2 radical (unpaired) electrons. The Morgan fingerprint density at radius 1 is 0.909 bits per heavy atom. The van der Waals surface area contributed by atoms with Gasteiger partial charge in [-0.2, -0.15) is 0 Å². The average molecular weight is 649 g/mol. The first kappa shape index (κ1) is 40.1. The Morgan fingerprint density at radius 3 is 1.84 bits per heavy atom. The third-order valence-electron chi connectivity index (χ3n) is 7.09. The van der Waals surface area contributed by atoms with Crippen LogP contribution in [0.25, 0.3) is 0 Å². The highest BCUT2D eigenvalue weighted by molar-refractivity contribution is 7.10. The minimum Gasteiger partial charge on any atom is -0.476 e. The van der Waals surface area contributed by atoms with Crippen molar-refractivity contribution in [3.05, 3.63) is 32.2 Å². The number of aromatic nitrogens is 2. The molecular weight excluding hydrogens is 598 g/mol. The van der Waals surface area contributed by atoms with Crippen molar-refractivity contribution in [2.24, 2.45) is 11.8 Å². The maximum Gasteiger partial charge on any atom is 0.355 e. The molecule has 2 heterocycles. The van der Waals surface area contributed by atoms with Crippen molar-refractivity contribution < 1.29 is 29.0 Å². The fourth-order valence-electron chi connectivity index (χ4n) is 4.97. The van der Waals surface area contributed by atoms with Crippen molar-refractivity contribution in [3.63, 3.8) is 0 Å². The molecule has 14 heteroatoms. The van der Waals surface area contributed by atoms with Gasteiger partial charge >= 0.3 is 5.97 Å². The summed E-state index contributed by atoms with van der Waals surface area (Å²) in [6.45, 7) is 18.7. The lowest BCUT2D eigenvalue weighted by Crippen LogP contribution is -2.43. The van der Waals surface area contributed by atoms with E-state index in [2.05, 4.69) is 54.8 Å². The third kappa shape index (κ3) is 13.6. The highest BCUT2D eigenvalue weighted by Crippen LogP contribution is 2.31. The number of carboxylic acids is 1. The van der Waals surface area contributed by atoms with E-state index < -0.39 is 5.97 Å². The highest BCUT2D eigenvalue weighted by atomic mass is 32.1. The van der Waals surface area contributed by atoms with Gasteiger partial charge in [-0.3, -0.25) is 0 Å². The Balaban J connectivity index is 0.000000440. The van der Waals surface area contributed by atoms with Crippen molar-refractivity contribution in [2.45, 2.75) is 98.9 Å².